The van der Waals surface area contributed by atoms with E-state index in [0.717, 1.165) is 16.5 Å². The first-order valence-electron chi connectivity index (χ1n) is 6.20. The molecule has 1 atom stereocenters. The van der Waals surface area contributed by atoms with Gasteiger partial charge in [-0.3, -0.25) is 4.98 Å². The van der Waals surface area contributed by atoms with Gasteiger partial charge in [0.2, 0.25) is 0 Å². The standard InChI is InChI=1S/C14H15F3N2O/c15-14(16,17)9-20-6-5-12(18)11-7-10-3-1-2-4-13(10)19-8-11/h1-4,7-8,12H,5-6,9,18H2. The number of pyridine rings is 1. The fourth-order valence-electron chi connectivity index (χ4n) is 1.86. The quantitative estimate of drug-likeness (QED) is 0.858. The van der Waals surface area contributed by atoms with Crippen LogP contribution < -0.4 is 5.73 Å². The van der Waals surface area contributed by atoms with Crippen LogP contribution >= 0.6 is 0 Å². The SMILES string of the molecule is NC(CCOCC(F)(F)F)c1cnc2ccccc2c1. The molecule has 20 heavy (non-hydrogen) atoms. The van der Waals surface area contributed by atoms with Crippen molar-refractivity contribution in [2.45, 2.75) is 18.6 Å². The molecule has 0 amide bonds. The predicted octanol–water partition coefficient (Wildman–Crippen LogP) is 3.20. The molecule has 0 bridgehead atoms. The fourth-order valence-corrected chi connectivity index (χ4v) is 1.86. The smallest absolute Gasteiger partial charge is 0.372 e. The molecule has 0 aliphatic carbocycles. The van der Waals surface area contributed by atoms with Gasteiger partial charge < -0.3 is 10.5 Å². The number of nitrogens with two attached hydrogens (primary N) is 1. The third kappa shape index (κ3) is 4.18. The second-order valence-electron chi connectivity index (χ2n) is 4.52. The minimum atomic E-state index is -4.30. The van der Waals surface area contributed by atoms with Crippen LogP contribution in [0.3, 0.4) is 0 Å². The number of fused-ring (bicyclic) bond motifs is 1. The Kier molecular flexibility index (Phi) is 4.57. The van der Waals surface area contributed by atoms with E-state index in [0.29, 0.717) is 6.42 Å². The topological polar surface area (TPSA) is 48.1 Å². The minimum absolute atomic E-state index is 0.0342. The van der Waals surface area contributed by atoms with Gasteiger partial charge in [0, 0.05) is 24.2 Å². The molecule has 3 nitrogen and oxygen atoms in total. The van der Waals surface area contributed by atoms with Crippen molar-refractivity contribution in [3.8, 4) is 0 Å². The summed E-state index contributed by atoms with van der Waals surface area (Å²) in [5.41, 5.74) is 7.58. The van der Waals surface area contributed by atoms with Gasteiger partial charge in [0.05, 0.1) is 5.52 Å². The molecule has 108 valence electrons. The molecule has 0 fully saturated rings. The second-order valence-corrected chi connectivity index (χ2v) is 4.52. The van der Waals surface area contributed by atoms with E-state index in [4.69, 9.17) is 5.73 Å². The molecule has 1 unspecified atom stereocenters. The van der Waals surface area contributed by atoms with Crippen molar-refractivity contribution < 1.29 is 17.9 Å². The highest BCUT2D eigenvalue weighted by atomic mass is 19.4. The van der Waals surface area contributed by atoms with Gasteiger partial charge in [-0.05, 0) is 24.1 Å². The third-order valence-corrected chi connectivity index (χ3v) is 2.88. The van der Waals surface area contributed by atoms with Gasteiger partial charge in [-0.2, -0.15) is 13.2 Å². The molecule has 0 aliphatic heterocycles. The Balaban J connectivity index is 1.92. The molecule has 2 N–H and O–H groups in total. The monoisotopic (exact) mass is 284 g/mol. The van der Waals surface area contributed by atoms with Crippen molar-refractivity contribution in [2.24, 2.45) is 5.73 Å². The minimum Gasteiger partial charge on any atom is -0.372 e. The lowest BCUT2D eigenvalue weighted by Gasteiger charge is -2.13. The fraction of sp³-hybridized carbons (Fsp3) is 0.357. The normalized spacial score (nSPS) is 13.6. The summed E-state index contributed by atoms with van der Waals surface area (Å²) in [6.07, 6.45) is -2.33. The number of aromatic nitrogens is 1. The Morgan fingerprint density at radius 2 is 2.00 bits per heavy atom. The summed E-state index contributed by atoms with van der Waals surface area (Å²) >= 11 is 0. The molecule has 1 aromatic carbocycles. The van der Waals surface area contributed by atoms with E-state index in [2.05, 4.69) is 9.72 Å². The summed E-state index contributed by atoms with van der Waals surface area (Å²) in [7, 11) is 0. The first-order chi connectivity index (χ1) is 9.46. The molecule has 2 aromatic rings. The number of rotatable bonds is 5. The highest BCUT2D eigenvalue weighted by Gasteiger charge is 2.27. The Morgan fingerprint density at radius 1 is 1.25 bits per heavy atom. The number of hydrogen-bond donors (Lipinski definition) is 1. The summed E-state index contributed by atoms with van der Waals surface area (Å²) in [5.74, 6) is 0. The van der Waals surface area contributed by atoms with Gasteiger partial charge >= 0.3 is 6.18 Å². The lowest BCUT2D eigenvalue weighted by atomic mass is 10.1. The van der Waals surface area contributed by atoms with Crippen LogP contribution in [0.25, 0.3) is 10.9 Å². The van der Waals surface area contributed by atoms with Crippen LogP contribution in [0.2, 0.25) is 0 Å². The first-order valence-corrected chi connectivity index (χ1v) is 6.20. The molecule has 6 heteroatoms. The maximum Gasteiger partial charge on any atom is 0.411 e. The zero-order chi connectivity index (χ0) is 14.6. The molecule has 1 aromatic heterocycles. The average molecular weight is 284 g/mol. The van der Waals surface area contributed by atoms with E-state index in [1.807, 2.05) is 30.3 Å². The van der Waals surface area contributed by atoms with E-state index < -0.39 is 12.8 Å². The molecule has 0 saturated carbocycles. The lowest BCUT2D eigenvalue weighted by molar-refractivity contribution is -0.174. The molecule has 0 spiro atoms. The van der Waals surface area contributed by atoms with Gasteiger partial charge in [0.25, 0.3) is 0 Å². The van der Waals surface area contributed by atoms with Crippen molar-refractivity contribution in [1.29, 1.82) is 0 Å². The van der Waals surface area contributed by atoms with Crippen LogP contribution in [0.5, 0.6) is 0 Å². The van der Waals surface area contributed by atoms with Crippen molar-refractivity contribution >= 4 is 10.9 Å². The van der Waals surface area contributed by atoms with Gasteiger partial charge in [0.15, 0.2) is 0 Å². The predicted molar refractivity (Wildman–Crippen MR) is 70.2 cm³/mol. The zero-order valence-electron chi connectivity index (χ0n) is 10.7. The largest absolute Gasteiger partial charge is 0.411 e. The molecular formula is C14H15F3N2O. The first kappa shape index (κ1) is 14.7. The highest BCUT2D eigenvalue weighted by Crippen LogP contribution is 2.19. The molecular weight excluding hydrogens is 269 g/mol. The Labute approximate surface area is 114 Å². The number of hydrogen-bond acceptors (Lipinski definition) is 3. The van der Waals surface area contributed by atoms with Crippen LogP contribution in [-0.2, 0) is 4.74 Å². The summed E-state index contributed by atoms with van der Waals surface area (Å²) in [6.45, 7) is -1.27. The maximum absolute atomic E-state index is 11.9. The van der Waals surface area contributed by atoms with Gasteiger partial charge in [-0.25, -0.2) is 0 Å². The molecule has 0 saturated heterocycles. The summed E-state index contributed by atoms with van der Waals surface area (Å²) in [4.78, 5) is 4.27. The third-order valence-electron chi connectivity index (χ3n) is 2.88. The van der Waals surface area contributed by atoms with E-state index in [1.165, 1.54) is 0 Å². The summed E-state index contributed by atoms with van der Waals surface area (Å²) in [6, 6.07) is 9.10. The van der Waals surface area contributed by atoms with Crippen molar-refractivity contribution in [1.82, 2.24) is 4.98 Å². The maximum atomic E-state index is 11.9. The van der Waals surface area contributed by atoms with E-state index in [9.17, 15) is 13.2 Å². The highest BCUT2D eigenvalue weighted by molar-refractivity contribution is 5.78. The number of nitrogens with zero attached hydrogens (tertiary/aromatic N) is 1. The Hall–Kier alpha value is -1.66. The number of benzene rings is 1. The van der Waals surface area contributed by atoms with E-state index in [-0.39, 0.29) is 12.6 Å². The average Bonchev–Trinajstić information content (AvgIpc) is 2.42. The van der Waals surface area contributed by atoms with Gasteiger partial charge in [-0.1, -0.05) is 18.2 Å². The lowest BCUT2D eigenvalue weighted by Crippen LogP contribution is -2.19. The number of halogens is 3. The summed E-state index contributed by atoms with van der Waals surface area (Å²) in [5, 5.41) is 0.955. The van der Waals surface area contributed by atoms with Crippen LogP contribution in [0, 0.1) is 0 Å². The van der Waals surface area contributed by atoms with Crippen LogP contribution in [0.4, 0.5) is 13.2 Å². The van der Waals surface area contributed by atoms with Crippen molar-refractivity contribution in [3.05, 3.63) is 42.1 Å². The molecule has 0 aliphatic rings. The molecule has 2 rings (SSSR count). The van der Waals surface area contributed by atoms with Gasteiger partial charge in [0.1, 0.15) is 6.61 Å². The van der Waals surface area contributed by atoms with Crippen molar-refractivity contribution in [3.63, 3.8) is 0 Å². The van der Waals surface area contributed by atoms with Crippen LogP contribution in [0.1, 0.15) is 18.0 Å². The van der Waals surface area contributed by atoms with E-state index in [1.54, 1.807) is 6.20 Å². The zero-order valence-corrected chi connectivity index (χ0v) is 10.7. The Morgan fingerprint density at radius 3 is 2.75 bits per heavy atom. The molecule has 1 heterocycles. The molecule has 0 radical (unpaired) electrons. The summed E-state index contributed by atoms with van der Waals surface area (Å²) < 4.78 is 40.3. The Bertz CT molecular complexity index is 572. The van der Waals surface area contributed by atoms with Crippen molar-refractivity contribution in [2.75, 3.05) is 13.2 Å². The second kappa shape index (κ2) is 6.19. The number of alkyl halides is 3. The number of para-hydroxylation sites is 1. The van der Waals surface area contributed by atoms with E-state index >= 15 is 0 Å². The van der Waals surface area contributed by atoms with Gasteiger partial charge in [-0.15, -0.1) is 0 Å². The van der Waals surface area contributed by atoms with Crippen LogP contribution in [0.15, 0.2) is 36.5 Å². The van der Waals surface area contributed by atoms with Crippen LogP contribution in [-0.4, -0.2) is 24.4 Å². The number of ether oxygens (including phenoxy) is 1.